The number of aryl methyl sites for hydroxylation is 1. The maximum atomic E-state index is 13.9. The molecule has 4 rings (SSSR count). The first kappa shape index (κ1) is 17.5. The molecule has 0 aliphatic carbocycles. The average molecular weight is 368 g/mol. The number of carbonyl (C=O) groups excluding carboxylic acids is 1. The summed E-state index contributed by atoms with van der Waals surface area (Å²) >= 11 is 0. The summed E-state index contributed by atoms with van der Waals surface area (Å²) in [6, 6.07) is 8.15. The highest BCUT2D eigenvalue weighted by molar-refractivity contribution is 5.94. The Hall–Kier alpha value is -2.96. The van der Waals surface area contributed by atoms with Crippen molar-refractivity contribution in [3.8, 4) is 5.75 Å². The van der Waals surface area contributed by atoms with E-state index in [0.29, 0.717) is 18.7 Å². The van der Waals surface area contributed by atoms with Crippen LogP contribution in [-0.2, 0) is 6.54 Å². The summed E-state index contributed by atoms with van der Waals surface area (Å²) in [6.45, 7) is 4.03. The van der Waals surface area contributed by atoms with Crippen LogP contribution < -0.4 is 4.74 Å². The molecular formula is C20H21FN4O2. The number of ether oxygens (including phenoxy) is 1. The van der Waals surface area contributed by atoms with Gasteiger partial charge in [0.05, 0.1) is 7.11 Å². The van der Waals surface area contributed by atoms with Crippen molar-refractivity contribution in [2.45, 2.75) is 25.8 Å². The standard InChI is InChI=1S/C20H21FN4O2/c1-3-25-18(23-16-5-4-9-22-19(16)25)14-8-10-24(12-14)20(26)13-6-7-17(27-2)15(21)11-13/h4-7,9,11,14H,3,8,10,12H2,1-2H3. The van der Waals surface area contributed by atoms with Crippen molar-refractivity contribution in [1.29, 1.82) is 0 Å². The molecular weight excluding hydrogens is 347 g/mol. The Balaban J connectivity index is 1.57. The van der Waals surface area contributed by atoms with Gasteiger partial charge in [-0.2, -0.15) is 0 Å². The third-order valence-electron chi connectivity index (χ3n) is 5.09. The zero-order valence-electron chi connectivity index (χ0n) is 15.4. The molecule has 1 unspecified atom stereocenters. The van der Waals surface area contributed by atoms with Crippen molar-refractivity contribution in [3.05, 3.63) is 53.7 Å². The Morgan fingerprint density at radius 3 is 2.96 bits per heavy atom. The van der Waals surface area contributed by atoms with E-state index in [2.05, 4.69) is 16.5 Å². The summed E-state index contributed by atoms with van der Waals surface area (Å²) in [6.07, 6.45) is 2.59. The minimum Gasteiger partial charge on any atom is -0.494 e. The minimum atomic E-state index is -0.530. The summed E-state index contributed by atoms with van der Waals surface area (Å²) in [5, 5.41) is 0. The number of methoxy groups -OCH3 is 1. The fraction of sp³-hybridized carbons (Fsp3) is 0.350. The summed E-state index contributed by atoms with van der Waals surface area (Å²) in [5.74, 6) is 0.540. The predicted octanol–water partition coefficient (Wildman–Crippen LogP) is 3.23. The quantitative estimate of drug-likeness (QED) is 0.709. The third-order valence-corrected chi connectivity index (χ3v) is 5.09. The highest BCUT2D eigenvalue weighted by Gasteiger charge is 2.31. The molecule has 0 spiro atoms. The van der Waals surface area contributed by atoms with Crippen molar-refractivity contribution >= 4 is 17.1 Å². The third kappa shape index (κ3) is 3.03. The number of nitrogens with zero attached hydrogens (tertiary/aromatic N) is 4. The highest BCUT2D eigenvalue weighted by atomic mass is 19.1. The predicted molar refractivity (Wildman–Crippen MR) is 99.4 cm³/mol. The molecule has 3 aromatic rings. The van der Waals surface area contributed by atoms with Crippen LogP contribution >= 0.6 is 0 Å². The van der Waals surface area contributed by atoms with Gasteiger partial charge in [0.2, 0.25) is 0 Å². The maximum Gasteiger partial charge on any atom is 0.253 e. The van der Waals surface area contributed by atoms with E-state index in [0.717, 1.165) is 30.0 Å². The molecule has 0 bridgehead atoms. The van der Waals surface area contributed by atoms with Crippen LogP contribution in [-0.4, -0.2) is 45.5 Å². The number of halogens is 1. The molecule has 2 aromatic heterocycles. The summed E-state index contributed by atoms with van der Waals surface area (Å²) in [4.78, 5) is 23.7. The van der Waals surface area contributed by atoms with Gasteiger partial charge in [-0.15, -0.1) is 0 Å². The molecule has 0 radical (unpaired) electrons. The molecule has 0 N–H and O–H groups in total. The number of hydrogen-bond donors (Lipinski definition) is 0. The second kappa shape index (κ2) is 6.98. The summed E-state index contributed by atoms with van der Waals surface area (Å²) < 4.78 is 21.0. The number of fused-ring (bicyclic) bond motifs is 1. The Morgan fingerprint density at radius 1 is 1.37 bits per heavy atom. The number of rotatable bonds is 4. The molecule has 27 heavy (non-hydrogen) atoms. The number of hydrogen-bond acceptors (Lipinski definition) is 4. The van der Waals surface area contributed by atoms with Gasteiger partial charge in [-0.05, 0) is 43.7 Å². The summed E-state index contributed by atoms with van der Waals surface area (Å²) in [5.41, 5.74) is 2.08. The Bertz CT molecular complexity index is 1000. The molecule has 0 saturated carbocycles. The smallest absolute Gasteiger partial charge is 0.253 e. The number of likely N-dealkylation sites (tertiary alicyclic amines) is 1. The first-order valence-corrected chi connectivity index (χ1v) is 9.06. The van der Waals surface area contributed by atoms with Crippen LogP contribution in [0.1, 0.15) is 35.4 Å². The van der Waals surface area contributed by atoms with E-state index in [-0.39, 0.29) is 17.6 Å². The number of imidazole rings is 1. The van der Waals surface area contributed by atoms with Gasteiger partial charge in [0.15, 0.2) is 17.2 Å². The normalized spacial score (nSPS) is 16.9. The second-order valence-electron chi connectivity index (χ2n) is 6.65. The monoisotopic (exact) mass is 368 g/mol. The van der Waals surface area contributed by atoms with E-state index in [4.69, 9.17) is 9.72 Å². The molecule has 1 saturated heterocycles. The van der Waals surface area contributed by atoms with E-state index in [1.165, 1.54) is 19.2 Å². The van der Waals surface area contributed by atoms with Gasteiger partial charge in [-0.3, -0.25) is 4.79 Å². The maximum absolute atomic E-state index is 13.9. The average Bonchev–Trinajstić information content (AvgIpc) is 3.31. The van der Waals surface area contributed by atoms with Gasteiger partial charge in [-0.25, -0.2) is 14.4 Å². The Labute approximate surface area is 156 Å². The molecule has 7 heteroatoms. The molecule has 6 nitrogen and oxygen atoms in total. The van der Waals surface area contributed by atoms with Crippen LogP contribution in [0.4, 0.5) is 4.39 Å². The second-order valence-corrected chi connectivity index (χ2v) is 6.65. The van der Waals surface area contributed by atoms with Gasteiger partial charge >= 0.3 is 0 Å². The lowest BCUT2D eigenvalue weighted by atomic mass is 10.1. The van der Waals surface area contributed by atoms with Gasteiger partial charge in [0, 0.05) is 37.3 Å². The first-order valence-electron chi connectivity index (χ1n) is 9.06. The fourth-order valence-electron chi connectivity index (χ4n) is 3.74. The van der Waals surface area contributed by atoms with Crippen LogP contribution in [0.3, 0.4) is 0 Å². The number of aromatic nitrogens is 3. The fourth-order valence-corrected chi connectivity index (χ4v) is 3.74. The minimum absolute atomic E-state index is 0.134. The topological polar surface area (TPSA) is 60.2 Å². The van der Waals surface area contributed by atoms with Crippen molar-refractivity contribution in [3.63, 3.8) is 0 Å². The number of carbonyl (C=O) groups is 1. The van der Waals surface area contributed by atoms with E-state index in [1.807, 2.05) is 12.1 Å². The molecule has 1 fully saturated rings. The lowest BCUT2D eigenvalue weighted by molar-refractivity contribution is 0.0790. The van der Waals surface area contributed by atoms with Crippen molar-refractivity contribution in [1.82, 2.24) is 19.4 Å². The lowest BCUT2D eigenvalue weighted by Crippen LogP contribution is -2.28. The zero-order chi connectivity index (χ0) is 19.0. The highest BCUT2D eigenvalue weighted by Crippen LogP contribution is 2.30. The van der Waals surface area contributed by atoms with E-state index >= 15 is 0 Å². The zero-order valence-corrected chi connectivity index (χ0v) is 15.4. The van der Waals surface area contributed by atoms with Crippen LogP contribution in [0.2, 0.25) is 0 Å². The molecule has 1 amide bonds. The van der Waals surface area contributed by atoms with Crippen molar-refractivity contribution < 1.29 is 13.9 Å². The van der Waals surface area contributed by atoms with Gasteiger partial charge in [0.25, 0.3) is 5.91 Å². The van der Waals surface area contributed by atoms with Crippen LogP contribution in [0.25, 0.3) is 11.2 Å². The van der Waals surface area contributed by atoms with Gasteiger partial charge in [-0.1, -0.05) is 0 Å². The van der Waals surface area contributed by atoms with Gasteiger partial charge in [0.1, 0.15) is 11.3 Å². The number of amides is 1. The molecule has 1 atom stereocenters. The van der Waals surface area contributed by atoms with E-state index < -0.39 is 5.82 Å². The number of benzene rings is 1. The molecule has 1 aliphatic rings. The molecule has 3 heterocycles. The van der Waals surface area contributed by atoms with Crippen LogP contribution in [0.15, 0.2) is 36.5 Å². The molecule has 1 aliphatic heterocycles. The number of pyridine rings is 1. The SMILES string of the molecule is CCn1c(C2CCN(C(=O)c3ccc(OC)c(F)c3)C2)nc2cccnc21. The summed E-state index contributed by atoms with van der Waals surface area (Å²) in [7, 11) is 1.40. The van der Waals surface area contributed by atoms with E-state index in [1.54, 1.807) is 17.2 Å². The Morgan fingerprint density at radius 2 is 2.22 bits per heavy atom. The van der Waals surface area contributed by atoms with Crippen molar-refractivity contribution in [2.75, 3.05) is 20.2 Å². The Kier molecular flexibility index (Phi) is 4.51. The van der Waals surface area contributed by atoms with E-state index in [9.17, 15) is 9.18 Å². The van der Waals surface area contributed by atoms with Gasteiger partial charge < -0.3 is 14.2 Å². The lowest BCUT2D eigenvalue weighted by Gasteiger charge is -2.17. The van der Waals surface area contributed by atoms with Crippen LogP contribution in [0.5, 0.6) is 5.75 Å². The van der Waals surface area contributed by atoms with Crippen molar-refractivity contribution in [2.24, 2.45) is 0 Å². The first-order chi connectivity index (χ1) is 13.1. The molecule has 1 aromatic carbocycles. The molecule has 140 valence electrons. The van der Waals surface area contributed by atoms with Crippen LogP contribution in [0, 0.1) is 5.82 Å². The largest absolute Gasteiger partial charge is 0.494 e.